The molecule has 7 heteroatoms. The molecule has 0 bridgehead atoms. The molecule has 2 heterocycles. The minimum atomic E-state index is 0.0233. The Morgan fingerprint density at radius 3 is 2.65 bits per heavy atom. The van der Waals surface area contributed by atoms with Crippen LogP contribution < -0.4 is 20.3 Å². The first-order valence-electron chi connectivity index (χ1n) is 11.2. The average molecular weight is 425 g/mol. The highest BCUT2D eigenvalue weighted by atomic mass is 16.5. The third kappa shape index (κ3) is 7.43. The Morgan fingerprint density at radius 2 is 1.97 bits per heavy atom. The summed E-state index contributed by atoms with van der Waals surface area (Å²) in [5, 5.41) is 6.67. The number of anilines is 1. The Labute approximate surface area is 186 Å². The van der Waals surface area contributed by atoms with E-state index < -0.39 is 0 Å². The molecular formula is C24H36N6O. The van der Waals surface area contributed by atoms with Gasteiger partial charge in [0.1, 0.15) is 17.7 Å². The molecule has 1 aliphatic heterocycles. The molecule has 1 fully saturated rings. The van der Waals surface area contributed by atoms with Crippen molar-refractivity contribution in [3.63, 3.8) is 0 Å². The number of aryl methyl sites for hydroxylation is 1. The Kier molecular flexibility index (Phi) is 8.53. The molecule has 1 saturated heterocycles. The van der Waals surface area contributed by atoms with Gasteiger partial charge < -0.3 is 25.2 Å². The van der Waals surface area contributed by atoms with Gasteiger partial charge >= 0.3 is 0 Å². The normalized spacial score (nSPS) is 16.1. The van der Waals surface area contributed by atoms with Gasteiger partial charge in [-0.25, -0.2) is 9.98 Å². The van der Waals surface area contributed by atoms with Crippen molar-refractivity contribution in [2.24, 2.45) is 4.99 Å². The van der Waals surface area contributed by atoms with Crippen molar-refractivity contribution in [3.8, 4) is 5.75 Å². The quantitative estimate of drug-likeness (QED) is 0.502. The monoisotopic (exact) mass is 424 g/mol. The summed E-state index contributed by atoms with van der Waals surface area (Å²) < 4.78 is 6.00. The van der Waals surface area contributed by atoms with Gasteiger partial charge in [-0.1, -0.05) is 18.2 Å². The minimum absolute atomic E-state index is 0.0233. The van der Waals surface area contributed by atoms with E-state index in [1.807, 2.05) is 18.3 Å². The van der Waals surface area contributed by atoms with Gasteiger partial charge in [0.05, 0.1) is 13.1 Å². The van der Waals surface area contributed by atoms with Gasteiger partial charge in [0.15, 0.2) is 5.96 Å². The molecule has 2 aromatic rings. The van der Waals surface area contributed by atoms with Gasteiger partial charge in [-0.3, -0.25) is 0 Å². The number of nitrogens with zero attached hydrogens (tertiary/aromatic N) is 4. The first kappa shape index (κ1) is 22.9. The minimum Gasteiger partial charge on any atom is -0.489 e. The van der Waals surface area contributed by atoms with Crippen LogP contribution >= 0.6 is 0 Å². The zero-order valence-corrected chi connectivity index (χ0v) is 19.3. The number of guanidine groups is 1. The molecule has 0 aliphatic carbocycles. The van der Waals surface area contributed by atoms with E-state index in [0.29, 0.717) is 13.1 Å². The highest BCUT2D eigenvalue weighted by Crippen LogP contribution is 2.15. The first-order valence-corrected chi connectivity index (χ1v) is 11.2. The Bertz CT molecular complexity index is 830. The third-order valence-corrected chi connectivity index (χ3v) is 5.28. The molecule has 1 aromatic carbocycles. The molecule has 1 unspecified atom stereocenters. The van der Waals surface area contributed by atoms with Crippen molar-refractivity contribution >= 4 is 11.8 Å². The molecule has 31 heavy (non-hydrogen) atoms. The number of hydrogen-bond acceptors (Lipinski definition) is 5. The summed E-state index contributed by atoms with van der Waals surface area (Å²) in [6, 6.07) is 12.3. The maximum atomic E-state index is 6.00. The lowest BCUT2D eigenvalue weighted by Gasteiger charge is -2.33. The standard InChI is InChI=1S/C24H36N6O/c1-5-25-24(27-16-20(3)31-22-8-6-7-19(2)15-22)28-18-21-9-10-23(26-17-21)30-13-11-29(4)12-14-30/h6-10,15,17,20H,5,11-14,16,18H2,1-4H3,(H2,25,27,28). The summed E-state index contributed by atoms with van der Waals surface area (Å²) in [7, 11) is 2.16. The zero-order valence-electron chi connectivity index (χ0n) is 19.3. The number of rotatable bonds is 8. The van der Waals surface area contributed by atoms with E-state index >= 15 is 0 Å². The van der Waals surface area contributed by atoms with E-state index in [2.05, 4.69) is 77.5 Å². The van der Waals surface area contributed by atoms with Crippen LogP contribution in [0.2, 0.25) is 0 Å². The predicted octanol–water partition coefficient (Wildman–Crippen LogP) is 2.66. The van der Waals surface area contributed by atoms with Crippen LogP contribution in [-0.2, 0) is 6.54 Å². The van der Waals surface area contributed by atoms with Gasteiger partial charge in [0, 0.05) is 38.9 Å². The summed E-state index contributed by atoms with van der Waals surface area (Å²) >= 11 is 0. The zero-order chi connectivity index (χ0) is 22.1. The lowest BCUT2D eigenvalue weighted by atomic mass is 10.2. The predicted molar refractivity (Wildman–Crippen MR) is 128 cm³/mol. The van der Waals surface area contributed by atoms with Gasteiger partial charge in [-0.15, -0.1) is 0 Å². The van der Waals surface area contributed by atoms with Gasteiger partial charge in [0.25, 0.3) is 0 Å². The van der Waals surface area contributed by atoms with E-state index in [0.717, 1.165) is 55.8 Å². The van der Waals surface area contributed by atoms with Crippen molar-refractivity contribution in [1.82, 2.24) is 20.5 Å². The van der Waals surface area contributed by atoms with Crippen LogP contribution in [0.3, 0.4) is 0 Å². The molecule has 0 spiro atoms. The molecular weight excluding hydrogens is 388 g/mol. The fourth-order valence-corrected chi connectivity index (χ4v) is 3.45. The van der Waals surface area contributed by atoms with Crippen LogP contribution in [0.4, 0.5) is 5.82 Å². The van der Waals surface area contributed by atoms with Gasteiger partial charge in [0.2, 0.25) is 0 Å². The van der Waals surface area contributed by atoms with Crippen molar-refractivity contribution in [2.75, 3.05) is 51.2 Å². The molecule has 0 saturated carbocycles. The number of aromatic nitrogens is 1. The number of nitrogens with one attached hydrogen (secondary N) is 2. The fourth-order valence-electron chi connectivity index (χ4n) is 3.45. The van der Waals surface area contributed by atoms with Gasteiger partial charge in [-0.2, -0.15) is 0 Å². The molecule has 2 N–H and O–H groups in total. The number of pyridine rings is 1. The highest BCUT2D eigenvalue weighted by molar-refractivity contribution is 5.79. The SMILES string of the molecule is CCNC(=NCc1ccc(N2CCN(C)CC2)nc1)NCC(C)Oc1cccc(C)c1. The van der Waals surface area contributed by atoms with Crippen molar-refractivity contribution in [3.05, 3.63) is 53.7 Å². The topological polar surface area (TPSA) is 65.0 Å². The average Bonchev–Trinajstić information content (AvgIpc) is 2.77. The smallest absolute Gasteiger partial charge is 0.191 e. The molecule has 7 nitrogen and oxygen atoms in total. The number of likely N-dealkylation sites (N-methyl/N-ethyl adjacent to an activating group) is 1. The second-order valence-electron chi connectivity index (χ2n) is 8.14. The van der Waals surface area contributed by atoms with Crippen LogP contribution in [0.25, 0.3) is 0 Å². The molecule has 0 radical (unpaired) electrons. The number of piperazine rings is 1. The van der Waals surface area contributed by atoms with E-state index in [4.69, 9.17) is 9.73 Å². The van der Waals surface area contributed by atoms with Crippen LogP contribution in [0.1, 0.15) is 25.0 Å². The number of hydrogen-bond donors (Lipinski definition) is 2. The number of ether oxygens (including phenoxy) is 1. The maximum Gasteiger partial charge on any atom is 0.191 e. The number of aliphatic imine (C=N–C) groups is 1. The highest BCUT2D eigenvalue weighted by Gasteiger charge is 2.15. The van der Waals surface area contributed by atoms with Gasteiger partial charge in [-0.05, 0) is 57.1 Å². The molecule has 1 aliphatic rings. The van der Waals surface area contributed by atoms with E-state index in [9.17, 15) is 0 Å². The Morgan fingerprint density at radius 1 is 1.16 bits per heavy atom. The third-order valence-electron chi connectivity index (χ3n) is 5.28. The summed E-state index contributed by atoms with van der Waals surface area (Å²) in [4.78, 5) is 14.1. The molecule has 1 atom stereocenters. The van der Waals surface area contributed by atoms with E-state index in [1.54, 1.807) is 0 Å². The van der Waals surface area contributed by atoms with Crippen molar-refractivity contribution < 1.29 is 4.74 Å². The first-order chi connectivity index (χ1) is 15.0. The summed E-state index contributed by atoms with van der Waals surface area (Å²) in [6.07, 6.45) is 1.96. The lowest BCUT2D eigenvalue weighted by Crippen LogP contribution is -2.44. The lowest BCUT2D eigenvalue weighted by molar-refractivity contribution is 0.223. The molecule has 168 valence electrons. The molecule has 0 amide bonds. The Hall–Kier alpha value is -2.80. The van der Waals surface area contributed by atoms with Crippen LogP contribution in [0.5, 0.6) is 5.75 Å². The molecule has 1 aromatic heterocycles. The summed E-state index contributed by atoms with van der Waals surface area (Å²) in [5.41, 5.74) is 2.29. The van der Waals surface area contributed by atoms with Crippen molar-refractivity contribution in [2.45, 2.75) is 33.4 Å². The molecule has 3 rings (SSSR count). The largest absolute Gasteiger partial charge is 0.489 e. The van der Waals surface area contributed by atoms with Crippen LogP contribution in [0.15, 0.2) is 47.6 Å². The second kappa shape index (κ2) is 11.6. The van der Waals surface area contributed by atoms with Crippen molar-refractivity contribution in [1.29, 1.82) is 0 Å². The summed E-state index contributed by atoms with van der Waals surface area (Å²) in [6.45, 7) is 12.5. The fraction of sp³-hybridized carbons (Fsp3) is 0.500. The second-order valence-corrected chi connectivity index (χ2v) is 8.14. The summed E-state index contributed by atoms with van der Waals surface area (Å²) in [5.74, 6) is 2.72. The van der Waals surface area contributed by atoms with E-state index in [-0.39, 0.29) is 6.10 Å². The Balaban J connectivity index is 1.50. The van der Waals surface area contributed by atoms with E-state index in [1.165, 1.54) is 5.56 Å². The number of benzene rings is 1. The van der Waals surface area contributed by atoms with Crippen LogP contribution in [-0.4, -0.2) is 68.3 Å². The van der Waals surface area contributed by atoms with Crippen LogP contribution in [0, 0.1) is 6.92 Å². The maximum absolute atomic E-state index is 6.00.